The highest BCUT2D eigenvalue weighted by atomic mass is 15.0. The van der Waals surface area contributed by atoms with Crippen molar-refractivity contribution < 1.29 is 0 Å². The van der Waals surface area contributed by atoms with Crippen LogP contribution in [0.5, 0.6) is 0 Å². The Morgan fingerprint density at radius 3 is 1.21 bits per heavy atom. The van der Waals surface area contributed by atoms with Crippen molar-refractivity contribution in [2.24, 2.45) is 0 Å². The Morgan fingerprint density at radius 2 is 0.684 bits per heavy atom. The molecule has 0 saturated carbocycles. The predicted octanol–water partition coefficient (Wildman–Crippen LogP) is 12.4. The number of hydrogen-bond donors (Lipinski definition) is 0. The molecule has 0 N–H and O–H groups in total. The molecule has 2 aliphatic rings. The maximum Gasteiger partial charge on any atom is 0.164 e. The standard InChI is InChI=1S/C53H32N4/c54-33-34-22-24-37(25-23-34)50-55-51(38-28-26-36(27-29-38)35-12-2-1-3-13-35)57-52(56-50)39-30-31-45-41-15-5-4-14-40(41)42-16-6-9-19-46(42)53(49(45)32-39)47-20-10-7-17-43(47)44-18-8-11-21-48(44)53/h1-32H. The minimum atomic E-state index is -0.618. The van der Waals surface area contributed by atoms with Gasteiger partial charge in [-0.05, 0) is 97.1 Å². The van der Waals surface area contributed by atoms with Crippen LogP contribution in [-0.2, 0) is 5.41 Å². The van der Waals surface area contributed by atoms with E-state index >= 15 is 0 Å². The van der Waals surface area contributed by atoms with Gasteiger partial charge in [-0.2, -0.15) is 5.26 Å². The summed E-state index contributed by atoms with van der Waals surface area (Å²) in [5.74, 6) is 1.70. The molecule has 0 amide bonds. The fourth-order valence-electron chi connectivity index (χ4n) is 9.09. The minimum absolute atomic E-state index is 0.545. The molecule has 1 heterocycles. The SMILES string of the molecule is N#Cc1ccc(-c2nc(-c3ccc(-c4ccccc4)cc3)nc(-c3ccc4c(c3)C3(c5ccccc5-c5ccccc5-4)c4ccccc4-c4ccccc43)n2)cc1. The van der Waals surface area contributed by atoms with E-state index in [1.165, 1.54) is 55.6 Å². The van der Waals surface area contributed by atoms with Crippen LogP contribution >= 0.6 is 0 Å². The van der Waals surface area contributed by atoms with Gasteiger partial charge < -0.3 is 0 Å². The molecule has 0 bridgehead atoms. The third kappa shape index (κ3) is 5.03. The average molecular weight is 725 g/mol. The van der Waals surface area contributed by atoms with Gasteiger partial charge in [0.15, 0.2) is 17.5 Å². The van der Waals surface area contributed by atoms with Gasteiger partial charge >= 0.3 is 0 Å². The van der Waals surface area contributed by atoms with Gasteiger partial charge in [0.1, 0.15) is 0 Å². The van der Waals surface area contributed by atoms with Gasteiger partial charge in [-0.1, -0.05) is 164 Å². The summed E-state index contributed by atoms with van der Waals surface area (Å²) in [5.41, 5.74) is 17.1. The van der Waals surface area contributed by atoms with E-state index in [1.54, 1.807) is 0 Å². The van der Waals surface area contributed by atoms with Crippen molar-refractivity contribution in [3.8, 4) is 84.7 Å². The van der Waals surface area contributed by atoms with Gasteiger partial charge in [0.2, 0.25) is 0 Å². The lowest BCUT2D eigenvalue weighted by Crippen LogP contribution is -2.29. The molecule has 2 aliphatic carbocycles. The molecule has 0 unspecified atom stereocenters. The number of nitriles is 1. The minimum Gasteiger partial charge on any atom is -0.208 e. The Hall–Kier alpha value is -7.74. The summed E-state index contributed by atoms with van der Waals surface area (Å²) in [6.07, 6.45) is 0. The van der Waals surface area contributed by atoms with Gasteiger partial charge in [-0.3, -0.25) is 0 Å². The van der Waals surface area contributed by atoms with Gasteiger partial charge in [0, 0.05) is 16.7 Å². The summed E-state index contributed by atoms with van der Waals surface area (Å²) in [6.45, 7) is 0. The van der Waals surface area contributed by atoms with Gasteiger partial charge in [0.05, 0.1) is 17.0 Å². The highest BCUT2D eigenvalue weighted by Gasteiger charge is 2.49. The monoisotopic (exact) mass is 724 g/mol. The maximum atomic E-state index is 9.55. The van der Waals surface area contributed by atoms with Gasteiger partial charge in [-0.25, -0.2) is 15.0 Å². The van der Waals surface area contributed by atoms with Crippen LogP contribution in [0.2, 0.25) is 0 Å². The van der Waals surface area contributed by atoms with Crippen LogP contribution in [0.1, 0.15) is 27.8 Å². The van der Waals surface area contributed by atoms with E-state index in [9.17, 15) is 5.26 Å². The lowest BCUT2D eigenvalue weighted by atomic mass is 9.65. The Morgan fingerprint density at radius 1 is 0.316 bits per heavy atom. The van der Waals surface area contributed by atoms with Crippen molar-refractivity contribution in [1.29, 1.82) is 5.26 Å². The number of benzene rings is 8. The molecule has 4 nitrogen and oxygen atoms in total. The molecule has 57 heavy (non-hydrogen) atoms. The first-order chi connectivity index (χ1) is 28.2. The van der Waals surface area contributed by atoms with Crippen LogP contribution in [0.15, 0.2) is 194 Å². The van der Waals surface area contributed by atoms with Crippen molar-refractivity contribution in [1.82, 2.24) is 15.0 Å². The van der Waals surface area contributed by atoms with Crippen molar-refractivity contribution in [2.75, 3.05) is 0 Å². The van der Waals surface area contributed by atoms with Crippen molar-refractivity contribution in [2.45, 2.75) is 5.41 Å². The highest BCUT2D eigenvalue weighted by Crippen LogP contribution is 2.61. The second kappa shape index (κ2) is 12.9. The Bertz CT molecular complexity index is 3020. The largest absolute Gasteiger partial charge is 0.208 e. The van der Waals surface area contributed by atoms with Crippen molar-refractivity contribution >= 4 is 0 Å². The molecule has 8 aromatic carbocycles. The summed E-state index contributed by atoms with van der Waals surface area (Å²) in [5, 5.41) is 9.55. The number of rotatable bonds is 4. The van der Waals surface area contributed by atoms with E-state index < -0.39 is 5.41 Å². The number of fused-ring (bicyclic) bond motifs is 12. The normalized spacial score (nSPS) is 12.7. The lowest BCUT2D eigenvalue weighted by molar-refractivity contribution is 0.775. The van der Waals surface area contributed by atoms with Crippen LogP contribution in [0.3, 0.4) is 0 Å². The summed E-state index contributed by atoms with van der Waals surface area (Å²) in [6, 6.07) is 70.6. The first kappa shape index (κ1) is 32.7. The molecule has 0 saturated heterocycles. The molecule has 0 atom stereocenters. The zero-order valence-electron chi connectivity index (χ0n) is 30.8. The smallest absolute Gasteiger partial charge is 0.164 e. The third-order valence-electron chi connectivity index (χ3n) is 11.6. The highest BCUT2D eigenvalue weighted by molar-refractivity contribution is 5.97. The Kier molecular flexibility index (Phi) is 7.42. The molecule has 0 fully saturated rings. The Balaban J connectivity index is 1.18. The van der Waals surface area contributed by atoms with Crippen LogP contribution in [0, 0.1) is 11.3 Å². The molecule has 0 aliphatic heterocycles. The molecule has 0 radical (unpaired) electrons. The van der Waals surface area contributed by atoms with E-state index in [0.717, 1.165) is 27.8 Å². The van der Waals surface area contributed by atoms with E-state index in [-0.39, 0.29) is 0 Å². The summed E-state index contributed by atoms with van der Waals surface area (Å²) in [7, 11) is 0. The molecular formula is C53H32N4. The average Bonchev–Trinajstić information content (AvgIpc) is 3.54. The third-order valence-corrected chi connectivity index (χ3v) is 11.6. The summed E-state index contributed by atoms with van der Waals surface area (Å²) >= 11 is 0. The maximum absolute atomic E-state index is 9.55. The lowest BCUT2D eigenvalue weighted by Gasteiger charge is -2.35. The second-order valence-electron chi connectivity index (χ2n) is 14.6. The van der Waals surface area contributed by atoms with Gasteiger partial charge in [-0.15, -0.1) is 0 Å². The topological polar surface area (TPSA) is 62.5 Å². The predicted molar refractivity (Wildman–Crippen MR) is 228 cm³/mol. The molecule has 1 aromatic heterocycles. The number of nitrogens with zero attached hydrogens (tertiary/aromatic N) is 4. The zero-order valence-corrected chi connectivity index (χ0v) is 30.8. The quantitative estimate of drug-likeness (QED) is 0.181. The van der Waals surface area contributed by atoms with Crippen LogP contribution < -0.4 is 0 Å². The van der Waals surface area contributed by atoms with Crippen LogP contribution in [0.25, 0.3) is 78.7 Å². The summed E-state index contributed by atoms with van der Waals surface area (Å²) in [4.78, 5) is 15.4. The van der Waals surface area contributed by atoms with Crippen LogP contribution in [-0.4, -0.2) is 15.0 Å². The molecule has 9 aromatic rings. The fourth-order valence-corrected chi connectivity index (χ4v) is 9.09. The van der Waals surface area contributed by atoms with Gasteiger partial charge in [0.25, 0.3) is 0 Å². The molecule has 11 rings (SSSR count). The van der Waals surface area contributed by atoms with E-state index in [1.807, 2.05) is 30.3 Å². The number of hydrogen-bond acceptors (Lipinski definition) is 4. The van der Waals surface area contributed by atoms with Crippen molar-refractivity contribution in [3.63, 3.8) is 0 Å². The van der Waals surface area contributed by atoms with E-state index in [4.69, 9.17) is 15.0 Å². The molecule has 1 spiro atoms. The molecule has 264 valence electrons. The second-order valence-corrected chi connectivity index (χ2v) is 14.6. The van der Waals surface area contributed by atoms with E-state index in [0.29, 0.717) is 23.0 Å². The molecular weight excluding hydrogens is 693 g/mol. The number of aromatic nitrogens is 3. The van der Waals surface area contributed by atoms with Crippen molar-refractivity contribution in [3.05, 3.63) is 222 Å². The molecule has 4 heteroatoms. The first-order valence-electron chi connectivity index (χ1n) is 19.2. The fraction of sp³-hybridized carbons (Fsp3) is 0.0189. The zero-order chi connectivity index (χ0) is 37.9. The first-order valence-corrected chi connectivity index (χ1v) is 19.2. The van der Waals surface area contributed by atoms with Crippen LogP contribution in [0.4, 0.5) is 0 Å². The Labute approximate surface area is 331 Å². The summed E-state index contributed by atoms with van der Waals surface area (Å²) < 4.78 is 0. The van der Waals surface area contributed by atoms with E-state index in [2.05, 4.69) is 170 Å².